The zero-order valence-corrected chi connectivity index (χ0v) is 16.0. The molecule has 1 aliphatic rings. The summed E-state index contributed by atoms with van der Waals surface area (Å²) >= 11 is 5.73. The fraction of sp³-hybridized carbons (Fsp3) is 0.312. The number of halogens is 2. The fourth-order valence-corrected chi connectivity index (χ4v) is 4.77. The molecule has 11 heteroatoms. The molecular weight excluding hydrogens is 395 g/mol. The number of hydrogen-bond acceptors (Lipinski definition) is 6. The van der Waals surface area contributed by atoms with Gasteiger partial charge < -0.3 is 4.90 Å². The zero-order valence-electron chi connectivity index (χ0n) is 14.4. The van der Waals surface area contributed by atoms with Gasteiger partial charge in [0.05, 0.1) is 9.92 Å². The topological polar surface area (TPSA) is 83.7 Å². The predicted molar refractivity (Wildman–Crippen MR) is 97.9 cm³/mol. The van der Waals surface area contributed by atoms with Gasteiger partial charge in [0.1, 0.15) is 18.0 Å². The maximum absolute atomic E-state index is 13.3. The number of benzene rings is 1. The second-order valence-corrected chi connectivity index (χ2v) is 8.54. The van der Waals surface area contributed by atoms with Crippen molar-refractivity contribution in [1.29, 1.82) is 0 Å². The largest absolute Gasteiger partial charge is 0.354 e. The number of nitrogens with zero attached hydrogens (tertiary/aromatic N) is 6. The molecule has 0 saturated carbocycles. The Morgan fingerprint density at radius 3 is 2.59 bits per heavy atom. The van der Waals surface area contributed by atoms with Crippen molar-refractivity contribution in [3.63, 3.8) is 0 Å². The van der Waals surface area contributed by atoms with Crippen LogP contribution in [0.5, 0.6) is 0 Å². The molecule has 0 amide bonds. The van der Waals surface area contributed by atoms with Gasteiger partial charge in [-0.3, -0.25) is 0 Å². The van der Waals surface area contributed by atoms with Gasteiger partial charge >= 0.3 is 0 Å². The Hall–Kier alpha value is -2.30. The Kier molecular flexibility index (Phi) is 4.49. The molecule has 0 N–H and O–H groups in total. The molecule has 4 rings (SSSR count). The van der Waals surface area contributed by atoms with Gasteiger partial charge in [0.15, 0.2) is 0 Å². The highest BCUT2D eigenvalue weighted by atomic mass is 35.5. The molecule has 3 heterocycles. The Balaban J connectivity index is 1.56. The summed E-state index contributed by atoms with van der Waals surface area (Å²) in [5.74, 6) is 0.670. The van der Waals surface area contributed by atoms with E-state index in [1.165, 1.54) is 16.7 Å². The van der Waals surface area contributed by atoms with Crippen LogP contribution in [-0.2, 0) is 10.0 Å². The number of aromatic nitrogens is 4. The molecule has 1 saturated heterocycles. The van der Waals surface area contributed by atoms with Crippen LogP contribution < -0.4 is 4.90 Å². The highest BCUT2D eigenvalue weighted by molar-refractivity contribution is 7.89. The van der Waals surface area contributed by atoms with Crippen molar-refractivity contribution in [2.45, 2.75) is 11.8 Å². The maximum atomic E-state index is 13.3. The minimum Gasteiger partial charge on any atom is -0.354 e. The lowest BCUT2D eigenvalue weighted by atomic mass is 10.3. The van der Waals surface area contributed by atoms with E-state index in [0.717, 1.165) is 23.6 Å². The minimum atomic E-state index is -3.74. The Morgan fingerprint density at radius 1 is 1.15 bits per heavy atom. The van der Waals surface area contributed by atoms with E-state index in [9.17, 15) is 12.8 Å². The van der Waals surface area contributed by atoms with Gasteiger partial charge in [-0.15, -0.1) is 0 Å². The summed E-state index contributed by atoms with van der Waals surface area (Å²) in [6.07, 6.45) is 1.43. The van der Waals surface area contributed by atoms with E-state index in [4.69, 9.17) is 11.6 Å². The van der Waals surface area contributed by atoms with Crippen molar-refractivity contribution in [1.82, 2.24) is 23.9 Å². The summed E-state index contributed by atoms with van der Waals surface area (Å²) in [4.78, 5) is 10.5. The number of sulfonamides is 1. The second kappa shape index (κ2) is 6.70. The molecule has 2 aromatic heterocycles. The molecule has 8 nitrogen and oxygen atoms in total. The predicted octanol–water partition coefficient (Wildman–Crippen LogP) is 1.74. The van der Waals surface area contributed by atoms with E-state index in [2.05, 4.69) is 15.1 Å². The smallest absolute Gasteiger partial charge is 0.254 e. The first kappa shape index (κ1) is 18.1. The molecular formula is C16H16ClFN6O2S. The second-order valence-electron chi connectivity index (χ2n) is 6.19. The van der Waals surface area contributed by atoms with Crippen LogP contribution in [0.4, 0.5) is 10.2 Å². The molecule has 0 radical (unpaired) electrons. The van der Waals surface area contributed by atoms with Gasteiger partial charge in [0, 0.05) is 37.9 Å². The van der Waals surface area contributed by atoms with E-state index >= 15 is 0 Å². The molecule has 0 bridgehead atoms. The van der Waals surface area contributed by atoms with Gasteiger partial charge in [0.2, 0.25) is 10.0 Å². The van der Waals surface area contributed by atoms with Crippen LogP contribution in [0.1, 0.15) is 5.69 Å². The lowest BCUT2D eigenvalue weighted by Gasteiger charge is -2.35. The van der Waals surface area contributed by atoms with Crippen LogP contribution in [0, 0.1) is 12.7 Å². The zero-order chi connectivity index (χ0) is 19.2. The van der Waals surface area contributed by atoms with Gasteiger partial charge in [0.25, 0.3) is 5.78 Å². The number of fused-ring (bicyclic) bond motifs is 1. The highest BCUT2D eigenvalue weighted by Gasteiger charge is 2.30. The van der Waals surface area contributed by atoms with E-state index in [0.29, 0.717) is 18.9 Å². The van der Waals surface area contributed by atoms with Gasteiger partial charge in [-0.25, -0.2) is 17.8 Å². The first-order valence-electron chi connectivity index (χ1n) is 8.24. The maximum Gasteiger partial charge on any atom is 0.254 e. The Labute approximate surface area is 160 Å². The van der Waals surface area contributed by atoms with E-state index in [1.54, 1.807) is 4.52 Å². The quantitative estimate of drug-likeness (QED) is 0.654. The number of rotatable bonds is 3. The third-order valence-corrected chi connectivity index (χ3v) is 6.64. The highest BCUT2D eigenvalue weighted by Crippen LogP contribution is 2.24. The molecule has 142 valence electrons. The average Bonchev–Trinajstić information content (AvgIpc) is 3.11. The molecule has 3 aromatic rings. The third kappa shape index (κ3) is 3.24. The molecule has 0 spiro atoms. The SMILES string of the molecule is Cc1cc(N2CCN(S(=O)(=O)c3ccc(F)c(Cl)c3)CC2)n2ncnc2n1. The van der Waals surface area contributed by atoms with Crippen molar-refractivity contribution in [3.05, 3.63) is 47.1 Å². The first-order chi connectivity index (χ1) is 12.9. The lowest BCUT2D eigenvalue weighted by Crippen LogP contribution is -2.49. The van der Waals surface area contributed by atoms with Crippen LogP contribution >= 0.6 is 11.6 Å². The average molecular weight is 411 g/mol. The van der Waals surface area contributed by atoms with E-state index in [-0.39, 0.29) is 23.0 Å². The van der Waals surface area contributed by atoms with E-state index in [1.807, 2.05) is 17.9 Å². The van der Waals surface area contributed by atoms with Crippen LogP contribution in [-0.4, -0.2) is 58.5 Å². The van der Waals surface area contributed by atoms with Crippen LogP contribution in [0.15, 0.2) is 35.5 Å². The van der Waals surface area contributed by atoms with Gasteiger partial charge in [-0.05, 0) is 25.1 Å². The monoisotopic (exact) mass is 410 g/mol. The van der Waals surface area contributed by atoms with Crippen LogP contribution in [0.2, 0.25) is 5.02 Å². The van der Waals surface area contributed by atoms with Gasteiger partial charge in [-0.2, -0.15) is 18.9 Å². The van der Waals surface area contributed by atoms with Crippen molar-refractivity contribution < 1.29 is 12.8 Å². The molecule has 1 aromatic carbocycles. The standard InChI is InChI=1S/C16H16ClFN6O2S/c1-11-8-15(24-16(21-11)19-10-20-24)22-4-6-23(7-5-22)27(25,26)12-2-3-14(18)13(17)9-12/h2-3,8-10H,4-7H2,1H3. The third-order valence-electron chi connectivity index (χ3n) is 4.45. The van der Waals surface area contributed by atoms with Crippen molar-refractivity contribution in [2.24, 2.45) is 0 Å². The Bertz CT molecular complexity index is 1110. The molecule has 0 unspecified atom stereocenters. The fourth-order valence-electron chi connectivity index (χ4n) is 3.08. The number of hydrogen-bond donors (Lipinski definition) is 0. The molecule has 0 aliphatic carbocycles. The van der Waals surface area contributed by atoms with Crippen molar-refractivity contribution >= 4 is 33.2 Å². The number of anilines is 1. The van der Waals surface area contributed by atoms with Crippen LogP contribution in [0.25, 0.3) is 5.78 Å². The minimum absolute atomic E-state index is 0.0132. The molecule has 27 heavy (non-hydrogen) atoms. The van der Waals surface area contributed by atoms with Crippen molar-refractivity contribution in [3.8, 4) is 0 Å². The van der Waals surface area contributed by atoms with Crippen LogP contribution in [0.3, 0.4) is 0 Å². The molecule has 1 fully saturated rings. The summed E-state index contributed by atoms with van der Waals surface area (Å²) < 4.78 is 42.0. The number of piperazine rings is 1. The summed E-state index contributed by atoms with van der Waals surface area (Å²) in [5.41, 5.74) is 0.807. The molecule has 0 atom stereocenters. The normalized spacial score (nSPS) is 16.2. The summed E-state index contributed by atoms with van der Waals surface area (Å²) in [5, 5.41) is 3.98. The van der Waals surface area contributed by atoms with Crippen molar-refractivity contribution in [2.75, 3.05) is 31.1 Å². The summed E-state index contributed by atoms with van der Waals surface area (Å²) in [6.45, 7) is 3.40. The lowest BCUT2D eigenvalue weighted by molar-refractivity contribution is 0.383. The molecule has 1 aliphatic heterocycles. The summed E-state index contributed by atoms with van der Waals surface area (Å²) in [6, 6.07) is 5.33. The Morgan fingerprint density at radius 2 is 1.89 bits per heavy atom. The number of aryl methyl sites for hydroxylation is 1. The summed E-state index contributed by atoms with van der Waals surface area (Å²) in [7, 11) is -3.74. The first-order valence-corrected chi connectivity index (χ1v) is 10.1. The van der Waals surface area contributed by atoms with Gasteiger partial charge in [-0.1, -0.05) is 11.6 Å². The van der Waals surface area contributed by atoms with E-state index < -0.39 is 15.8 Å².